The van der Waals surface area contributed by atoms with Crippen LogP contribution in [-0.2, 0) is 11.2 Å². The predicted molar refractivity (Wildman–Crippen MR) is 72.2 cm³/mol. The van der Waals surface area contributed by atoms with Crippen LogP contribution in [-0.4, -0.2) is 11.7 Å². The number of fused-ring (bicyclic) bond motifs is 1. The molecule has 3 nitrogen and oxygen atoms in total. The van der Waals surface area contributed by atoms with Crippen molar-refractivity contribution in [3.05, 3.63) is 28.3 Å². The van der Waals surface area contributed by atoms with E-state index in [2.05, 4.69) is 5.32 Å². The first-order valence-corrected chi connectivity index (χ1v) is 6.40. The Bertz CT molecular complexity index is 535. The molecular formula is C14H16ClNO2. The van der Waals surface area contributed by atoms with Gasteiger partial charge in [-0.05, 0) is 24.1 Å². The third-order valence-electron chi connectivity index (χ3n) is 3.56. The number of anilines is 1. The molecule has 0 spiro atoms. The molecule has 18 heavy (non-hydrogen) atoms. The molecule has 0 saturated heterocycles. The fourth-order valence-corrected chi connectivity index (χ4v) is 2.20. The van der Waals surface area contributed by atoms with E-state index < -0.39 is 5.41 Å². The summed E-state index contributed by atoms with van der Waals surface area (Å²) in [6.45, 7) is 5.79. The van der Waals surface area contributed by atoms with Gasteiger partial charge in [0.05, 0.1) is 11.4 Å². The summed E-state index contributed by atoms with van der Waals surface area (Å²) in [5.41, 5.74) is 1.64. The van der Waals surface area contributed by atoms with Crippen LogP contribution in [0.4, 0.5) is 5.69 Å². The summed E-state index contributed by atoms with van der Waals surface area (Å²) in [5.74, 6) is -0.0300. The van der Waals surface area contributed by atoms with Crippen molar-refractivity contribution in [1.29, 1.82) is 0 Å². The number of Topliss-reactive ketones (excluding diaryl/α,β-unsaturated/α-hetero) is 1. The predicted octanol–water partition coefficient (Wildman–Crippen LogP) is 3.45. The average molecular weight is 266 g/mol. The highest BCUT2D eigenvalue weighted by atomic mass is 35.5. The molecule has 0 radical (unpaired) electrons. The van der Waals surface area contributed by atoms with Crippen molar-refractivity contribution in [3.63, 3.8) is 0 Å². The standard InChI is InChI=1S/C14H16ClNO2/c1-4-14(2,3)13(18)9-5-8-6-12(17)16-11(8)7-10(9)15/h5,7H,4,6H2,1-3H3,(H,16,17). The van der Waals surface area contributed by atoms with E-state index in [0.29, 0.717) is 17.0 Å². The number of rotatable bonds is 3. The van der Waals surface area contributed by atoms with Gasteiger partial charge in [0.1, 0.15) is 0 Å². The van der Waals surface area contributed by atoms with Crippen LogP contribution >= 0.6 is 11.6 Å². The minimum atomic E-state index is -0.437. The van der Waals surface area contributed by atoms with Crippen molar-refractivity contribution in [2.24, 2.45) is 5.41 Å². The molecule has 2 rings (SSSR count). The van der Waals surface area contributed by atoms with Crippen LogP contribution < -0.4 is 5.32 Å². The van der Waals surface area contributed by atoms with Gasteiger partial charge in [-0.1, -0.05) is 32.4 Å². The molecule has 0 saturated carbocycles. The molecule has 1 N–H and O–H groups in total. The Balaban J connectivity index is 2.45. The van der Waals surface area contributed by atoms with Gasteiger partial charge in [0.25, 0.3) is 0 Å². The van der Waals surface area contributed by atoms with Crippen LogP contribution in [0.2, 0.25) is 5.02 Å². The maximum absolute atomic E-state index is 12.4. The monoisotopic (exact) mass is 265 g/mol. The number of carbonyl (C=O) groups excluding carboxylic acids is 2. The van der Waals surface area contributed by atoms with Crippen LogP contribution in [0.3, 0.4) is 0 Å². The second-order valence-corrected chi connectivity index (χ2v) is 5.69. The van der Waals surface area contributed by atoms with E-state index in [1.165, 1.54) is 0 Å². The lowest BCUT2D eigenvalue weighted by Gasteiger charge is -2.21. The molecule has 0 atom stereocenters. The Morgan fingerprint density at radius 2 is 2.11 bits per heavy atom. The Morgan fingerprint density at radius 1 is 1.44 bits per heavy atom. The quantitative estimate of drug-likeness (QED) is 0.851. The molecule has 1 aliphatic rings. The molecule has 1 aromatic rings. The minimum Gasteiger partial charge on any atom is -0.325 e. The molecule has 0 bridgehead atoms. The normalized spacial score (nSPS) is 14.3. The summed E-state index contributed by atoms with van der Waals surface area (Å²) in [5, 5.41) is 3.13. The number of hydrogen-bond donors (Lipinski definition) is 1. The lowest BCUT2D eigenvalue weighted by molar-refractivity contribution is -0.115. The van der Waals surface area contributed by atoms with E-state index in [4.69, 9.17) is 11.6 Å². The first-order chi connectivity index (χ1) is 8.35. The summed E-state index contributed by atoms with van der Waals surface area (Å²) < 4.78 is 0. The molecule has 0 fully saturated rings. The summed E-state index contributed by atoms with van der Waals surface area (Å²) in [7, 11) is 0. The van der Waals surface area contributed by atoms with Crippen molar-refractivity contribution in [1.82, 2.24) is 0 Å². The lowest BCUT2D eigenvalue weighted by atomic mass is 9.81. The molecule has 0 aromatic heterocycles. The van der Waals surface area contributed by atoms with Crippen molar-refractivity contribution < 1.29 is 9.59 Å². The van der Waals surface area contributed by atoms with Crippen molar-refractivity contribution in [3.8, 4) is 0 Å². The van der Waals surface area contributed by atoms with Crippen molar-refractivity contribution in [2.75, 3.05) is 5.32 Å². The summed E-state index contributed by atoms with van der Waals surface area (Å²) in [6, 6.07) is 3.41. The van der Waals surface area contributed by atoms with Gasteiger partial charge in [-0.25, -0.2) is 0 Å². The summed E-state index contributed by atoms with van der Waals surface area (Å²) in [6.07, 6.45) is 1.07. The number of hydrogen-bond acceptors (Lipinski definition) is 2. The zero-order valence-corrected chi connectivity index (χ0v) is 11.5. The van der Waals surface area contributed by atoms with Gasteiger partial charge in [-0.3, -0.25) is 9.59 Å². The number of benzene rings is 1. The molecule has 1 aliphatic heterocycles. The number of carbonyl (C=O) groups is 2. The Labute approximate surface area is 112 Å². The van der Waals surface area contributed by atoms with Gasteiger partial charge in [-0.2, -0.15) is 0 Å². The maximum atomic E-state index is 12.4. The van der Waals surface area contributed by atoms with Crippen LogP contribution in [0, 0.1) is 5.41 Å². The van der Waals surface area contributed by atoms with Gasteiger partial charge in [0.15, 0.2) is 5.78 Å². The molecule has 0 aliphatic carbocycles. The third-order valence-corrected chi connectivity index (χ3v) is 3.87. The molecule has 1 amide bonds. The van der Waals surface area contributed by atoms with E-state index >= 15 is 0 Å². The highest BCUT2D eigenvalue weighted by molar-refractivity contribution is 6.34. The number of nitrogens with one attached hydrogen (secondary N) is 1. The molecule has 1 aromatic carbocycles. The van der Waals surface area contributed by atoms with Gasteiger partial charge >= 0.3 is 0 Å². The van der Waals surface area contributed by atoms with Crippen LogP contribution in [0.5, 0.6) is 0 Å². The third kappa shape index (κ3) is 2.15. The van der Waals surface area contributed by atoms with Crippen LogP contribution in [0.25, 0.3) is 0 Å². The van der Waals surface area contributed by atoms with E-state index in [-0.39, 0.29) is 11.7 Å². The summed E-state index contributed by atoms with van der Waals surface area (Å²) in [4.78, 5) is 23.7. The first-order valence-electron chi connectivity index (χ1n) is 6.02. The first kappa shape index (κ1) is 13.1. The molecule has 4 heteroatoms. The second kappa shape index (κ2) is 4.39. The molecule has 1 heterocycles. The number of amides is 1. The molecular weight excluding hydrogens is 250 g/mol. The van der Waals surface area contributed by atoms with Gasteiger partial charge in [-0.15, -0.1) is 0 Å². The zero-order chi connectivity index (χ0) is 13.5. The fourth-order valence-electron chi connectivity index (χ4n) is 1.95. The Morgan fingerprint density at radius 3 is 2.72 bits per heavy atom. The SMILES string of the molecule is CCC(C)(C)C(=O)c1cc2c(cc1Cl)NC(=O)C2. The Hall–Kier alpha value is -1.35. The highest BCUT2D eigenvalue weighted by Crippen LogP contribution is 2.34. The molecule has 96 valence electrons. The van der Waals surface area contributed by atoms with Crippen LogP contribution in [0.15, 0.2) is 12.1 Å². The zero-order valence-electron chi connectivity index (χ0n) is 10.8. The van der Waals surface area contributed by atoms with Crippen molar-refractivity contribution >= 4 is 29.0 Å². The Kier molecular flexibility index (Phi) is 3.20. The topological polar surface area (TPSA) is 46.2 Å². The lowest BCUT2D eigenvalue weighted by Crippen LogP contribution is -2.23. The summed E-state index contributed by atoms with van der Waals surface area (Å²) >= 11 is 6.14. The van der Waals surface area contributed by atoms with E-state index in [0.717, 1.165) is 17.7 Å². The maximum Gasteiger partial charge on any atom is 0.228 e. The van der Waals surface area contributed by atoms with E-state index in [9.17, 15) is 9.59 Å². The highest BCUT2D eigenvalue weighted by Gasteiger charge is 2.30. The number of ketones is 1. The van der Waals surface area contributed by atoms with E-state index in [1.54, 1.807) is 12.1 Å². The van der Waals surface area contributed by atoms with Crippen LogP contribution in [0.1, 0.15) is 43.1 Å². The largest absolute Gasteiger partial charge is 0.325 e. The smallest absolute Gasteiger partial charge is 0.228 e. The van der Waals surface area contributed by atoms with Crippen molar-refractivity contribution in [2.45, 2.75) is 33.6 Å². The fraction of sp³-hybridized carbons (Fsp3) is 0.429. The molecule has 0 unspecified atom stereocenters. The second-order valence-electron chi connectivity index (χ2n) is 5.28. The van der Waals surface area contributed by atoms with Gasteiger partial charge < -0.3 is 5.32 Å². The average Bonchev–Trinajstić information content (AvgIpc) is 2.66. The van der Waals surface area contributed by atoms with Gasteiger partial charge in [0, 0.05) is 16.7 Å². The van der Waals surface area contributed by atoms with E-state index in [1.807, 2.05) is 20.8 Å². The van der Waals surface area contributed by atoms with Gasteiger partial charge in [0.2, 0.25) is 5.91 Å². The minimum absolute atomic E-state index is 0.0251. The number of halogens is 1.